The van der Waals surface area contributed by atoms with Crippen LogP contribution in [0, 0.1) is 0 Å². The highest BCUT2D eigenvalue weighted by Crippen LogP contribution is 2.42. The molecule has 0 rings (SSSR count). The molecule has 0 aliphatic rings. The number of allylic oxidation sites excluding steroid dienone is 12. The van der Waals surface area contributed by atoms with Crippen molar-refractivity contribution in [2.75, 3.05) is 26.4 Å². The number of carbonyl (C=O) groups is 2. The molecule has 3 N–H and O–H groups in total. The van der Waals surface area contributed by atoms with Crippen molar-refractivity contribution in [3.63, 3.8) is 0 Å². The average molecular weight is 722 g/mol. The summed E-state index contributed by atoms with van der Waals surface area (Å²) < 4.78 is 26.6. The number of aliphatic hydroxyl groups excluding tert-OH is 1. The van der Waals surface area contributed by atoms with Crippen LogP contribution in [0.25, 0.3) is 0 Å². The lowest BCUT2D eigenvalue weighted by Crippen LogP contribution is -2.27. The fourth-order valence-corrected chi connectivity index (χ4v) is 5.31. The van der Waals surface area contributed by atoms with Crippen molar-refractivity contribution in [2.45, 2.75) is 142 Å². The molecule has 0 saturated carbocycles. The van der Waals surface area contributed by atoms with Gasteiger partial charge in [0.2, 0.25) is 5.91 Å². The Hall–Kier alpha value is -2.55. The van der Waals surface area contributed by atoms with Crippen LogP contribution < -0.4 is 5.32 Å². The molecule has 0 aliphatic heterocycles. The van der Waals surface area contributed by atoms with Gasteiger partial charge in [-0.1, -0.05) is 132 Å². The highest BCUT2D eigenvalue weighted by molar-refractivity contribution is 7.47. The molecule has 0 aromatic heterocycles. The molecule has 9 nitrogen and oxygen atoms in total. The summed E-state index contributed by atoms with van der Waals surface area (Å²) in [5, 5.41) is 12.6. The summed E-state index contributed by atoms with van der Waals surface area (Å²) in [5.74, 6) is -0.558. The van der Waals surface area contributed by atoms with Crippen LogP contribution in [-0.2, 0) is 27.9 Å². The molecule has 10 heteroatoms. The third-order valence-corrected chi connectivity index (χ3v) is 8.39. The van der Waals surface area contributed by atoms with Gasteiger partial charge in [0, 0.05) is 19.4 Å². The Balaban J connectivity index is 3.70. The van der Waals surface area contributed by atoms with Crippen molar-refractivity contribution in [1.82, 2.24) is 5.32 Å². The van der Waals surface area contributed by atoms with E-state index in [1.807, 2.05) is 0 Å². The lowest BCUT2D eigenvalue weighted by atomic mass is 10.1. The maximum absolute atomic E-state index is 12.0. The van der Waals surface area contributed by atoms with E-state index in [0.717, 1.165) is 83.5 Å². The van der Waals surface area contributed by atoms with Crippen molar-refractivity contribution >= 4 is 19.7 Å². The Morgan fingerprint density at radius 1 is 0.640 bits per heavy atom. The van der Waals surface area contributed by atoms with Crippen molar-refractivity contribution in [1.29, 1.82) is 0 Å². The number of esters is 1. The van der Waals surface area contributed by atoms with Gasteiger partial charge in [-0.25, -0.2) is 4.57 Å². The van der Waals surface area contributed by atoms with Gasteiger partial charge in [0.05, 0.1) is 13.2 Å². The molecule has 50 heavy (non-hydrogen) atoms. The normalized spacial score (nSPS) is 14.2. The monoisotopic (exact) mass is 721 g/mol. The summed E-state index contributed by atoms with van der Waals surface area (Å²) in [6, 6.07) is 0. The highest BCUT2D eigenvalue weighted by atomic mass is 31.2. The third kappa shape index (κ3) is 36.7. The first-order valence-electron chi connectivity index (χ1n) is 18.9. The van der Waals surface area contributed by atoms with E-state index in [0.29, 0.717) is 12.8 Å². The Labute approximate surface area is 303 Å². The van der Waals surface area contributed by atoms with Gasteiger partial charge in [-0.2, -0.15) is 0 Å². The maximum Gasteiger partial charge on any atom is 0.472 e. The molecule has 0 aliphatic carbocycles. The van der Waals surface area contributed by atoms with Gasteiger partial charge in [0.15, 0.2) is 0 Å². The zero-order valence-electron chi connectivity index (χ0n) is 31.1. The van der Waals surface area contributed by atoms with Gasteiger partial charge in [-0.15, -0.1) is 0 Å². The van der Waals surface area contributed by atoms with Crippen LogP contribution in [0.2, 0.25) is 0 Å². The lowest BCUT2D eigenvalue weighted by Gasteiger charge is -2.15. The second kappa shape index (κ2) is 36.2. The predicted octanol–water partition coefficient (Wildman–Crippen LogP) is 9.93. The lowest BCUT2D eigenvalue weighted by molar-refractivity contribution is -0.147. The Morgan fingerprint density at radius 2 is 1.14 bits per heavy atom. The van der Waals surface area contributed by atoms with Crippen LogP contribution >= 0.6 is 7.82 Å². The van der Waals surface area contributed by atoms with Crippen molar-refractivity contribution in [2.24, 2.45) is 0 Å². The molecule has 0 saturated heterocycles. The predicted molar refractivity (Wildman–Crippen MR) is 206 cm³/mol. The average Bonchev–Trinajstić information content (AvgIpc) is 3.10. The van der Waals surface area contributed by atoms with Crippen LogP contribution in [0.4, 0.5) is 0 Å². The van der Waals surface area contributed by atoms with Gasteiger partial charge in [-0.3, -0.25) is 18.6 Å². The molecule has 0 radical (unpaired) electrons. The second-order valence-electron chi connectivity index (χ2n) is 12.2. The first-order chi connectivity index (χ1) is 24.3. The first-order valence-corrected chi connectivity index (χ1v) is 20.4. The van der Waals surface area contributed by atoms with Gasteiger partial charge in [-0.05, 0) is 64.2 Å². The first kappa shape index (κ1) is 47.4. The Bertz CT molecular complexity index is 1050. The zero-order chi connectivity index (χ0) is 36.8. The molecule has 1 amide bonds. The molecule has 2 unspecified atom stereocenters. The minimum absolute atomic E-state index is 0.0747. The smallest absolute Gasteiger partial charge is 0.463 e. The number of hydrogen-bond donors (Lipinski definition) is 3. The molecular formula is C40H68NO8P. The molecule has 0 fully saturated rings. The topological polar surface area (TPSA) is 131 Å². The number of amides is 1. The minimum Gasteiger partial charge on any atom is -0.463 e. The van der Waals surface area contributed by atoms with E-state index in [-0.39, 0.29) is 32.1 Å². The van der Waals surface area contributed by atoms with Gasteiger partial charge >= 0.3 is 13.8 Å². The fourth-order valence-electron chi connectivity index (χ4n) is 4.56. The molecular weight excluding hydrogens is 653 g/mol. The minimum atomic E-state index is -4.41. The van der Waals surface area contributed by atoms with Crippen molar-refractivity contribution < 1.29 is 37.9 Å². The van der Waals surface area contributed by atoms with E-state index in [1.54, 1.807) is 0 Å². The molecule has 0 heterocycles. The van der Waals surface area contributed by atoms with Crippen molar-refractivity contribution in [3.8, 4) is 0 Å². The number of unbranched alkanes of at least 4 members (excludes halogenated alkanes) is 9. The molecule has 0 aromatic rings. The molecule has 0 spiro atoms. The number of hydrogen-bond acceptors (Lipinski definition) is 7. The third-order valence-electron chi connectivity index (χ3n) is 7.40. The van der Waals surface area contributed by atoms with E-state index >= 15 is 0 Å². The van der Waals surface area contributed by atoms with Crippen LogP contribution in [-0.4, -0.2) is 54.3 Å². The van der Waals surface area contributed by atoms with E-state index in [2.05, 4.69) is 92.1 Å². The van der Waals surface area contributed by atoms with Crippen LogP contribution in [0.15, 0.2) is 72.9 Å². The number of nitrogens with one attached hydrogen (secondary N) is 1. The van der Waals surface area contributed by atoms with Crippen LogP contribution in [0.1, 0.15) is 136 Å². The molecule has 0 bridgehead atoms. The van der Waals surface area contributed by atoms with Gasteiger partial charge in [0.1, 0.15) is 12.7 Å². The summed E-state index contributed by atoms with van der Waals surface area (Å²) in [6.07, 6.45) is 42.9. The number of carbonyl (C=O) groups excluding carboxylic acids is 2. The summed E-state index contributed by atoms with van der Waals surface area (Å²) in [6.45, 7) is 3.31. The van der Waals surface area contributed by atoms with E-state index in [4.69, 9.17) is 13.8 Å². The fraction of sp³-hybridized carbons (Fsp3) is 0.650. The number of aliphatic hydroxyl groups is 1. The van der Waals surface area contributed by atoms with E-state index in [9.17, 15) is 24.2 Å². The van der Waals surface area contributed by atoms with Crippen LogP contribution in [0.5, 0.6) is 0 Å². The zero-order valence-corrected chi connectivity index (χ0v) is 32.0. The molecule has 2 atom stereocenters. The largest absolute Gasteiger partial charge is 0.472 e. The number of ether oxygens (including phenoxy) is 1. The number of rotatable bonds is 34. The summed E-state index contributed by atoms with van der Waals surface area (Å²) >= 11 is 0. The Morgan fingerprint density at radius 3 is 1.72 bits per heavy atom. The standard InChI is InChI=1S/C40H68NO8P/c1-3-5-7-9-11-12-13-14-15-16-17-18-19-20-21-22-23-24-25-26-27-29-31-33-40(44)47-36-38(42)37-49-50(45,46)48-35-34-41-39(43)32-30-28-10-8-6-4-2/h5,7,11-12,14-15,17-18,20-21,23-24,38,42H,3-4,6,8-10,13,16,19,22,25-37H2,1-2H3,(H,41,43)(H,45,46)/b7-5-,12-11-,15-14-,18-17-,21-20-,24-23-. The maximum atomic E-state index is 12.0. The second-order valence-corrected chi connectivity index (χ2v) is 13.6. The quantitative estimate of drug-likeness (QED) is 0.0259. The summed E-state index contributed by atoms with van der Waals surface area (Å²) in [4.78, 5) is 33.5. The van der Waals surface area contributed by atoms with Gasteiger partial charge in [0.25, 0.3) is 0 Å². The van der Waals surface area contributed by atoms with E-state index in [1.165, 1.54) is 19.3 Å². The SMILES string of the molecule is CC/C=C\C/C=C\C/C=C\C/C=C\C/C=C\C/C=C\CCCCCCC(=O)OCC(O)COP(=O)(O)OCCNC(=O)CCCCCCCC. The summed E-state index contributed by atoms with van der Waals surface area (Å²) in [5.41, 5.74) is 0. The molecule has 0 aromatic carbocycles. The number of phosphoric acid groups is 1. The van der Waals surface area contributed by atoms with E-state index < -0.39 is 26.5 Å². The number of phosphoric ester groups is 1. The molecule has 286 valence electrons. The van der Waals surface area contributed by atoms with Gasteiger partial charge < -0.3 is 20.1 Å². The summed E-state index contributed by atoms with van der Waals surface area (Å²) in [7, 11) is -4.41. The Kier molecular flexibility index (Phi) is 34.4. The van der Waals surface area contributed by atoms with Crippen LogP contribution in [0.3, 0.4) is 0 Å². The highest BCUT2D eigenvalue weighted by Gasteiger charge is 2.23. The van der Waals surface area contributed by atoms with Crippen molar-refractivity contribution in [3.05, 3.63) is 72.9 Å².